The second-order valence-electron chi connectivity index (χ2n) is 5.05. The van der Waals surface area contributed by atoms with E-state index in [4.69, 9.17) is 9.15 Å². The van der Waals surface area contributed by atoms with Crippen molar-refractivity contribution in [3.05, 3.63) is 64.7 Å². The van der Waals surface area contributed by atoms with E-state index >= 15 is 0 Å². The molecular formula is C17H15BrFN3O2. The third-order valence-electron chi connectivity index (χ3n) is 3.27. The Kier molecular flexibility index (Phi) is 5.10. The van der Waals surface area contributed by atoms with Crippen molar-refractivity contribution in [1.82, 2.24) is 10.2 Å². The van der Waals surface area contributed by atoms with Crippen LogP contribution in [0.4, 0.5) is 16.1 Å². The Morgan fingerprint density at radius 2 is 1.83 bits per heavy atom. The molecule has 0 saturated heterocycles. The van der Waals surface area contributed by atoms with Crippen LogP contribution in [0.2, 0.25) is 0 Å². The molecule has 3 aromatic rings. The smallest absolute Gasteiger partial charge is 0.320 e. The van der Waals surface area contributed by atoms with Crippen molar-refractivity contribution in [1.29, 1.82) is 0 Å². The van der Waals surface area contributed by atoms with E-state index in [1.54, 1.807) is 12.1 Å². The lowest BCUT2D eigenvalue weighted by Crippen LogP contribution is -2.06. The van der Waals surface area contributed by atoms with Crippen LogP contribution < -0.4 is 10.1 Å². The molecule has 3 rings (SSSR count). The zero-order valence-electron chi connectivity index (χ0n) is 12.9. The fourth-order valence-electron chi connectivity index (χ4n) is 2.06. The summed E-state index contributed by atoms with van der Waals surface area (Å²) in [6.07, 6.45) is 0.330. The molecule has 1 aromatic heterocycles. The maximum atomic E-state index is 12.9. The fourth-order valence-corrected chi connectivity index (χ4v) is 2.32. The number of nitrogens with zero attached hydrogens (tertiary/aromatic N) is 2. The standard InChI is InChI=1S/C17H15BrFN3O2/c1-2-15(23-14-9-3-11(18)4-10-14)16-21-22-17(24-16)20-13-7-5-12(19)6-8-13/h3-10,15H,2H2,1H3,(H,20,22). The molecule has 0 aliphatic rings. The molecule has 1 heterocycles. The summed E-state index contributed by atoms with van der Waals surface area (Å²) in [7, 11) is 0. The van der Waals surface area contributed by atoms with Gasteiger partial charge in [-0.2, -0.15) is 0 Å². The van der Waals surface area contributed by atoms with Crippen LogP contribution in [0, 0.1) is 5.82 Å². The Hall–Kier alpha value is -2.41. The van der Waals surface area contributed by atoms with Gasteiger partial charge in [-0.25, -0.2) is 4.39 Å². The highest BCUT2D eigenvalue weighted by Gasteiger charge is 2.19. The molecule has 0 bridgehead atoms. The fraction of sp³-hybridized carbons (Fsp3) is 0.176. The summed E-state index contributed by atoms with van der Waals surface area (Å²) in [5.41, 5.74) is 0.661. The van der Waals surface area contributed by atoms with Gasteiger partial charge in [0.25, 0.3) is 5.89 Å². The number of nitrogens with one attached hydrogen (secondary N) is 1. The molecule has 0 amide bonds. The van der Waals surface area contributed by atoms with E-state index < -0.39 is 0 Å². The maximum absolute atomic E-state index is 12.9. The van der Waals surface area contributed by atoms with Gasteiger partial charge in [0.15, 0.2) is 6.10 Å². The predicted molar refractivity (Wildman–Crippen MR) is 91.8 cm³/mol. The monoisotopic (exact) mass is 391 g/mol. The molecule has 2 aromatic carbocycles. The minimum absolute atomic E-state index is 0.231. The molecule has 1 atom stereocenters. The average molecular weight is 392 g/mol. The van der Waals surface area contributed by atoms with E-state index in [9.17, 15) is 4.39 Å². The number of hydrogen-bond acceptors (Lipinski definition) is 5. The first kappa shape index (κ1) is 16.4. The molecule has 0 saturated carbocycles. The van der Waals surface area contributed by atoms with Gasteiger partial charge in [-0.15, -0.1) is 5.10 Å². The van der Waals surface area contributed by atoms with Crippen LogP contribution in [0.15, 0.2) is 57.4 Å². The van der Waals surface area contributed by atoms with Gasteiger partial charge in [0.05, 0.1) is 0 Å². The van der Waals surface area contributed by atoms with Crippen LogP contribution >= 0.6 is 15.9 Å². The van der Waals surface area contributed by atoms with Crippen LogP contribution in [-0.4, -0.2) is 10.2 Å². The second kappa shape index (κ2) is 7.44. The highest BCUT2D eigenvalue weighted by Crippen LogP contribution is 2.26. The topological polar surface area (TPSA) is 60.2 Å². The summed E-state index contributed by atoms with van der Waals surface area (Å²) in [6, 6.07) is 13.6. The van der Waals surface area contributed by atoms with Gasteiger partial charge in [0.2, 0.25) is 0 Å². The summed E-state index contributed by atoms with van der Waals surface area (Å²) < 4.78 is 25.4. The van der Waals surface area contributed by atoms with Gasteiger partial charge in [0.1, 0.15) is 11.6 Å². The number of halogens is 2. The van der Waals surface area contributed by atoms with Crippen LogP contribution in [0.25, 0.3) is 0 Å². The average Bonchev–Trinajstić information content (AvgIpc) is 3.05. The van der Waals surface area contributed by atoms with Crippen molar-refractivity contribution in [2.45, 2.75) is 19.4 Å². The Labute approximate surface area is 147 Å². The minimum Gasteiger partial charge on any atom is -0.481 e. The number of aromatic nitrogens is 2. The van der Waals surface area contributed by atoms with Crippen molar-refractivity contribution in [2.24, 2.45) is 0 Å². The SMILES string of the molecule is CCC(Oc1ccc(Br)cc1)c1nnc(Nc2ccc(F)cc2)o1. The molecule has 5 nitrogen and oxygen atoms in total. The molecular weight excluding hydrogens is 377 g/mol. The molecule has 0 aliphatic carbocycles. The number of hydrogen-bond donors (Lipinski definition) is 1. The Morgan fingerprint density at radius 1 is 1.12 bits per heavy atom. The van der Waals surface area contributed by atoms with Crippen LogP contribution in [-0.2, 0) is 0 Å². The third-order valence-corrected chi connectivity index (χ3v) is 3.80. The molecule has 124 valence electrons. The van der Waals surface area contributed by atoms with E-state index in [0.29, 0.717) is 18.0 Å². The zero-order chi connectivity index (χ0) is 16.9. The highest BCUT2D eigenvalue weighted by molar-refractivity contribution is 9.10. The molecule has 0 radical (unpaired) electrons. The summed E-state index contributed by atoms with van der Waals surface area (Å²) >= 11 is 3.38. The van der Waals surface area contributed by atoms with E-state index in [2.05, 4.69) is 31.4 Å². The zero-order valence-corrected chi connectivity index (χ0v) is 14.5. The Balaban J connectivity index is 1.70. The molecule has 24 heavy (non-hydrogen) atoms. The van der Waals surface area contributed by atoms with Crippen LogP contribution in [0.5, 0.6) is 5.75 Å². The molecule has 0 spiro atoms. The van der Waals surface area contributed by atoms with Crippen molar-refractivity contribution in [3.63, 3.8) is 0 Å². The summed E-state index contributed by atoms with van der Waals surface area (Å²) in [5.74, 6) is 0.794. The van der Waals surface area contributed by atoms with E-state index in [1.165, 1.54) is 12.1 Å². The van der Waals surface area contributed by atoms with Crippen molar-refractivity contribution >= 4 is 27.6 Å². The predicted octanol–water partition coefficient (Wildman–Crippen LogP) is 5.24. The first-order valence-corrected chi connectivity index (χ1v) is 8.21. The largest absolute Gasteiger partial charge is 0.481 e. The third kappa shape index (κ3) is 4.11. The van der Waals surface area contributed by atoms with Gasteiger partial charge in [-0.1, -0.05) is 28.0 Å². The van der Waals surface area contributed by atoms with Crippen molar-refractivity contribution < 1.29 is 13.5 Å². The lowest BCUT2D eigenvalue weighted by molar-refractivity contribution is 0.166. The quantitative estimate of drug-likeness (QED) is 0.621. The second-order valence-corrected chi connectivity index (χ2v) is 5.96. The first-order valence-electron chi connectivity index (χ1n) is 7.42. The normalized spacial score (nSPS) is 12.0. The van der Waals surface area contributed by atoms with Crippen LogP contribution in [0.3, 0.4) is 0 Å². The van der Waals surface area contributed by atoms with Crippen molar-refractivity contribution in [2.75, 3.05) is 5.32 Å². The Morgan fingerprint density at radius 3 is 2.50 bits per heavy atom. The van der Waals surface area contributed by atoms with Gasteiger partial charge in [-0.05, 0) is 55.0 Å². The van der Waals surface area contributed by atoms with E-state index in [1.807, 2.05) is 31.2 Å². The summed E-state index contributed by atoms with van der Waals surface area (Å²) in [6.45, 7) is 1.97. The molecule has 1 N–H and O–H groups in total. The number of ether oxygens (including phenoxy) is 1. The van der Waals surface area contributed by atoms with Gasteiger partial charge in [0, 0.05) is 10.2 Å². The first-order chi connectivity index (χ1) is 11.6. The lowest BCUT2D eigenvalue weighted by atomic mass is 10.2. The lowest BCUT2D eigenvalue weighted by Gasteiger charge is -2.13. The Bertz CT molecular complexity index is 790. The summed E-state index contributed by atoms with van der Waals surface area (Å²) in [4.78, 5) is 0. The maximum Gasteiger partial charge on any atom is 0.320 e. The highest BCUT2D eigenvalue weighted by atomic mass is 79.9. The number of anilines is 2. The molecule has 0 fully saturated rings. The minimum atomic E-state index is -0.345. The van der Waals surface area contributed by atoms with Gasteiger partial charge in [-0.3, -0.25) is 0 Å². The number of rotatable bonds is 6. The van der Waals surface area contributed by atoms with E-state index in [0.717, 1.165) is 10.2 Å². The molecule has 7 heteroatoms. The molecule has 1 unspecified atom stereocenters. The van der Waals surface area contributed by atoms with Crippen LogP contribution in [0.1, 0.15) is 25.3 Å². The van der Waals surface area contributed by atoms with E-state index in [-0.39, 0.29) is 17.9 Å². The molecule has 0 aliphatic heterocycles. The van der Waals surface area contributed by atoms with Gasteiger partial charge < -0.3 is 14.5 Å². The van der Waals surface area contributed by atoms with Gasteiger partial charge >= 0.3 is 6.01 Å². The number of benzene rings is 2. The van der Waals surface area contributed by atoms with Crippen molar-refractivity contribution in [3.8, 4) is 5.75 Å². The summed E-state index contributed by atoms with van der Waals surface area (Å²) in [5, 5.41) is 10.9.